The second-order valence-electron chi connectivity index (χ2n) is 6.19. The van der Waals surface area contributed by atoms with Crippen LogP contribution in [-0.2, 0) is 0 Å². The molecule has 2 saturated carbocycles. The molecular formula is C14H26N2. The van der Waals surface area contributed by atoms with Crippen LogP contribution < -0.4 is 5.32 Å². The molecule has 2 heteroatoms. The highest BCUT2D eigenvalue weighted by molar-refractivity contribution is 4.98. The minimum absolute atomic E-state index is 0.836. The molecule has 2 nitrogen and oxygen atoms in total. The van der Waals surface area contributed by atoms with Gasteiger partial charge in [0.15, 0.2) is 0 Å². The number of hydrogen-bond donors (Lipinski definition) is 1. The number of fused-ring (bicyclic) bond motifs is 2. The van der Waals surface area contributed by atoms with Gasteiger partial charge in [-0.05, 0) is 57.5 Å². The highest BCUT2D eigenvalue weighted by Crippen LogP contribution is 2.47. The molecule has 3 fully saturated rings. The number of rotatable bonds is 3. The minimum atomic E-state index is 0.836. The van der Waals surface area contributed by atoms with Gasteiger partial charge in [-0.2, -0.15) is 0 Å². The predicted molar refractivity (Wildman–Crippen MR) is 67.5 cm³/mol. The molecule has 1 heterocycles. The molecule has 0 aromatic heterocycles. The molecule has 4 unspecified atom stereocenters. The van der Waals surface area contributed by atoms with Gasteiger partial charge in [0.1, 0.15) is 0 Å². The van der Waals surface area contributed by atoms with E-state index < -0.39 is 0 Å². The Morgan fingerprint density at radius 1 is 1.12 bits per heavy atom. The van der Waals surface area contributed by atoms with Gasteiger partial charge < -0.3 is 5.32 Å². The second-order valence-corrected chi connectivity index (χ2v) is 6.19. The zero-order chi connectivity index (χ0) is 11.0. The fourth-order valence-corrected chi connectivity index (χ4v) is 4.53. The molecular weight excluding hydrogens is 196 g/mol. The highest BCUT2D eigenvalue weighted by Gasteiger charge is 2.44. The standard InChI is InChI=1S/C14H26N2/c1-15-10-13-4-2-3-7-16(13)14-9-11-5-6-12(14)8-11/h11-15H,2-10H2,1H3. The molecule has 4 atom stereocenters. The Hall–Kier alpha value is -0.0800. The minimum Gasteiger partial charge on any atom is -0.318 e. The second kappa shape index (κ2) is 4.66. The van der Waals surface area contributed by atoms with E-state index in [-0.39, 0.29) is 0 Å². The molecule has 3 rings (SSSR count). The first kappa shape index (κ1) is 11.0. The Morgan fingerprint density at radius 2 is 2.06 bits per heavy atom. The van der Waals surface area contributed by atoms with Crippen molar-refractivity contribution in [1.82, 2.24) is 10.2 Å². The lowest BCUT2D eigenvalue weighted by molar-refractivity contribution is 0.0638. The third-order valence-corrected chi connectivity index (χ3v) is 5.24. The summed E-state index contributed by atoms with van der Waals surface area (Å²) < 4.78 is 0. The van der Waals surface area contributed by atoms with Gasteiger partial charge in [0.2, 0.25) is 0 Å². The summed E-state index contributed by atoms with van der Waals surface area (Å²) in [4.78, 5) is 2.88. The average molecular weight is 222 g/mol. The molecule has 2 aliphatic carbocycles. The number of likely N-dealkylation sites (tertiary alicyclic amines) is 1. The normalized spacial score (nSPS) is 44.1. The fourth-order valence-electron chi connectivity index (χ4n) is 4.53. The van der Waals surface area contributed by atoms with Crippen molar-refractivity contribution in [3.8, 4) is 0 Å². The van der Waals surface area contributed by atoms with Crippen molar-refractivity contribution in [2.24, 2.45) is 11.8 Å². The largest absolute Gasteiger partial charge is 0.318 e. The summed E-state index contributed by atoms with van der Waals surface area (Å²) in [7, 11) is 2.10. The monoisotopic (exact) mass is 222 g/mol. The van der Waals surface area contributed by atoms with E-state index in [9.17, 15) is 0 Å². The third-order valence-electron chi connectivity index (χ3n) is 5.24. The molecule has 3 aliphatic rings. The van der Waals surface area contributed by atoms with Crippen LogP contribution in [0.4, 0.5) is 0 Å². The van der Waals surface area contributed by atoms with Crippen molar-refractivity contribution in [1.29, 1.82) is 0 Å². The lowest BCUT2D eigenvalue weighted by Crippen LogP contribution is -2.51. The summed E-state index contributed by atoms with van der Waals surface area (Å²) in [5.41, 5.74) is 0. The smallest absolute Gasteiger partial charge is 0.0223 e. The van der Waals surface area contributed by atoms with Crippen molar-refractivity contribution >= 4 is 0 Å². The lowest BCUT2D eigenvalue weighted by atomic mass is 9.90. The SMILES string of the molecule is CNCC1CCCCN1C1CC2CCC1C2. The number of hydrogen-bond acceptors (Lipinski definition) is 2. The van der Waals surface area contributed by atoms with E-state index in [1.54, 1.807) is 6.42 Å². The molecule has 2 bridgehead atoms. The Morgan fingerprint density at radius 3 is 2.75 bits per heavy atom. The Bertz CT molecular complexity index is 239. The van der Waals surface area contributed by atoms with Crippen molar-refractivity contribution in [3.05, 3.63) is 0 Å². The maximum absolute atomic E-state index is 3.39. The Balaban J connectivity index is 1.66. The van der Waals surface area contributed by atoms with E-state index >= 15 is 0 Å². The van der Waals surface area contributed by atoms with Crippen LogP contribution in [0, 0.1) is 11.8 Å². The first-order valence-electron chi connectivity index (χ1n) is 7.29. The molecule has 0 aromatic carbocycles. The first-order chi connectivity index (χ1) is 7.88. The van der Waals surface area contributed by atoms with Crippen LogP contribution in [0.1, 0.15) is 44.9 Å². The Labute approximate surface area is 99.8 Å². The van der Waals surface area contributed by atoms with E-state index in [1.807, 2.05) is 0 Å². The topological polar surface area (TPSA) is 15.3 Å². The Kier molecular flexibility index (Phi) is 3.21. The van der Waals surface area contributed by atoms with E-state index in [4.69, 9.17) is 0 Å². The maximum Gasteiger partial charge on any atom is 0.0223 e. The van der Waals surface area contributed by atoms with E-state index in [2.05, 4.69) is 17.3 Å². The van der Waals surface area contributed by atoms with E-state index in [1.165, 1.54) is 51.6 Å². The summed E-state index contributed by atoms with van der Waals surface area (Å²) in [6.45, 7) is 2.58. The molecule has 0 aromatic rings. The van der Waals surface area contributed by atoms with Gasteiger partial charge in [-0.15, -0.1) is 0 Å². The highest BCUT2D eigenvalue weighted by atomic mass is 15.2. The average Bonchev–Trinajstić information content (AvgIpc) is 2.92. The molecule has 92 valence electrons. The number of nitrogens with zero attached hydrogens (tertiary/aromatic N) is 1. The predicted octanol–water partition coefficient (Wildman–Crippen LogP) is 2.25. The molecule has 1 saturated heterocycles. The van der Waals surface area contributed by atoms with Gasteiger partial charge in [-0.3, -0.25) is 4.90 Å². The summed E-state index contributed by atoms with van der Waals surface area (Å²) in [6.07, 6.45) is 10.4. The third kappa shape index (κ3) is 1.91. The van der Waals surface area contributed by atoms with E-state index in [0.29, 0.717) is 0 Å². The van der Waals surface area contributed by atoms with Crippen LogP contribution in [0.25, 0.3) is 0 Å². The summed E-state index contributed by atoms with van der Waals surface area (Å²) in [5.74, 6) is 2.15. The number of piperidine rings is 1. The zero-order valence-electron chi connectivity index (χ0n) is 10.6. The molecule has 1 N–H and O–H groups in total. The van der Waals surface area contributed by atoms with Crippen LogP contribution in [-0.4, -0.2) is 37.1 Å². The van der Waals surface area contributed by atoms with E-state index in [0.717, 1.165) is 23.9 Å². The van der Waals surface area contributed by atoms with Crippen molar-refractivity contribution in [2.45, 2.75) is 57.0 Å². The molecule has 0 spiro atoms. The zero-order valence-corrected chi connectivity index (χ0v) is 10.6. The van der Waals surface area contributed by atoms with Gasteiger partial charge in [0, 0.05) is 18.6 Å². The van der Waals surface area contributed by atoms with Gasteiger partial charge in [-0.25, -0.2) is 0 Å². The summed E-state index contributed by atoms with van der Waals surface area (Å²) >= 11 is 0. The quantitative estimate of drug-likeness (QED) is 0.788. The molecule has 1 aliphatic heterocycles. The number of likely N-dealkylation sites (N-methyl/N-ethyl adjacent to an activating group) is 1. The van der Waals surface area contributed by atoms with Gasteiger partial charge in [0.25, 0.3) is 0 Å². The van der Waals surface area contributed by atoms with Crippen LogP contribution in [0.5, 0.6) is 0 Å². The molecule has 16 heavy (non-hydrogen) atoms. The van der Waals surface area contributed by atoms with Gasteiger partial charge in [0.05, 0.1) is 0 Å². The van der Waals surface area contributed by atoms with Crippen LogP contribution in [0.2, 0.25) is 0 Å². The first-order valence-corrected chi connectivity index (χ1v) is 7.29. The van der Waals surface area contributed by atoms with Gasteiger partial charge in [-0.1, -0.05) is 12.8 Å². The fraction of sp³-hybridized carbons (Fsp3) is 1.00. The molecule has 0 radical (unpaired) electrons. The number of nitrogens with one attached hydrogen (secondary N) is 1. The summed E-state index contributed by atoms with van der Waals surface area (Å²) in [6, 6.07) is 1.79. The summed E-state index contributed by atoms with van der Waals surface area (Å²) in [5, 5.41) is 3.39. The van der Waals surface area contributed by atoms with Crippen LogP contribution in [0.3, 0.4) is 0 Å². The molecule has 0 amide bonds. The van der Waals surface area contributed by atoms with Crippen LogP contribution in [0.15, 0.2) is 0 Å². The van der Waals surface area contributed by atoms with Crippen LogP contribution >= 0.6 is 0 Å². The van der Waals surface area contributed by atoms with Crippen molar-refractivity contribution < 1.29 is 0 Å². The lowest BCUT2D eigenvalue weighted by Gasteiger charge is -2.43. The van der Waals surface area contributed by atoms with Crippen molar-refractivity contribution in [3.63, 3.8) is 0 Å². The van der Waals surface area contributed by atoms with Crippen molar-refractivity contribution in [2.75, 3.05) is 20.1 Å². The van der Waals surface area contributed by atoms with Gasteiger partial charge >= 0.3 is 0 Å². The maximum atomic E-state index is 3.39.